The van der Waals surface area contributed by atoms with Crippen molar-refractivity contribution in [3.63, 3.8) is 0 Å². The number of nitrogens with one attached hydrogen (secondary N) is 1. The predicted octanol–water partition coefficient (Wildman–Crippen LogP) is 7.15. The zero-order valence-electron chi connectivity index (χ0n) is 27.8. The smallest absolute Gasteiger partial charge is 0.264 e. The van der Waals surface area contributed by atoms with E-state index in [9.17, 15) is 22.4 Å². The van der Waals surface area contributed by atoms with Crippen LogP contribution in [-0.4, -0.2) is 43.8 Å². The van der Waals surface area contributed by atoms with Gasteiger partial charge in [-0.25, -0.2) is 12.8 Å². The number of amides is 2. The Bertz CT molecular complexity index is 1770. The van der Waals surface area contributed by atoms with Crippen LogP contribution in [-0.2, 0) is 32.6 Å². The molecule has 7 nitrogen and oxygen atoms in total. The van der Waals surface area contributed by atoms with E-state index in [4.69, 9.17) is 0 Å². The molecule has 0 saturated heterocycles. The van der Waals surface area contributed by atoms with Gasteiger partial charge in [-0.2, -0.15) is 0 Å². The van der Waals surface area contributed by atoms with Gasteiger partial charge < -0.3 is 10.2 Å². The van der Waals surface area contributed by atoms with E-state index in [1.807, 2.05) is 49.4 Å². The van der Waals surface area contributed by atoms with E-state index >= 15 is 0 Å². The van der Waals surface area contributed by atoms with Crippen LogP contribution in [0.5, 0.6) is 0 Å². The van der Waals surface area contributed by atoms with Gasteiger partial charge >= 0.3 is 0 Å². The first kappa shape index (κ1) is 34.8. The van der Waals surface area contributed by atoms with Crippen molar-refractivity contribution in [1.29, 1.82) is 0 Å². The minimum absolute atomic E-state index is 0.0106. The summed E-state index contributed by atoms with van der Waals surface area (Å²) in [6.45, 7) is 5.42. The largest absolute Gasteiger partial charge is 0.352 e. The van der Waals surface area contributed by atoms with E-state index in [0.29, 0.717) is 11.3 Å². The highest BCUT2D eigenvalue weighted by Crippen LogP contribution is 2.28. The molecular weight excluding hydrogens is 626 g/mol. The Morgan fingerprint density at radius 3 is 2.06 bits per heavy atom. The fraction of sp³-hybridized carbons (Fsp3) is 0.333. The van der Waals surface area contributed by atoms with E-state index in [0.717, 1.165) is 46.7 Å². The molecule has 0 bridgehead atoms. The van der Waals surface area contributed by atoms with E-state index < -0.39 is 34.3 Å². The second-order valence-corrected chi connectivity index (χ2v) is 14.8. The van der Waals surface area contributed by atoms with Gasteiger partial charge in [-0.05, 0) is 78.8 Å². The van der Waals surface area contributed by atoms with Gasteiger partial charge in [0.05, 0.1) is 10.6 Å². The predicted molar refractivity (Wildman–Crippen MR) is 188 cm³/mol. The summed E-state index contributed by atoms with van der Waals surface area (Å²) in [5, 5.41) is 3.17. The summed E-state index contributed by atoms with van der Waals surface area (Å²) in [7, 11) is -4.20. The van der Waals surface area contributed by atoms with Gasteiger partial charge in [0, 0.05) is 19.0 Å². The summed E-state index contributed by atoms with van der Waals surface area (Å²) in [6, 6.07) is 28.0. The molecule has 48 heavy (non-hydrogen) atoms. The third-order valence-electron chi connectivity index (χ3n) is 8.97. The number of sulfonamides is 1. The van der Waals surface area contributed by atoms with Gasteiger partial charge in [-0.3, -0.25) is 13.9 Å². The number of anilines is 1. The molecular formula is C39H44FN3O4S. The molecule has 0 aliphatic heterocycles. The molecule has 2 amide bonds. The molecule has 0 spiro atoms. The summed E-state index contributed by atoms with van der Waals surface area (Å²) >= 11 is 0. The number of nitrogens with zero attached hydrogens (tertiary/aromatic N) is 2. The van der Waals surface area contributed by atoms with E-state index in [-0.39, 0.29) is 35.7 Å². The summed E-state index contributed by atoms with van der Waals surface area (Å²) in [5.41, 5.74) is 3.74. The first-order valence-corrected chi connectivity index (χ1v) is 18.0. The summed E-state index contributed by atoms with van der Waals surface area (Å²) in [4.78, 5) is 30.3. The maximum Gasteiger partial charge on any atom is 0.264 e. The molecule has 9 heteroatoms. The van der Waals surface area contributed by atoms with Crippen molar-refractivity contribution in [2.75, 3.05) is 10.8 Å². The van der Waals surface area contributed by atoms with Crippen LogP contribution in [0, 0.1) is 12.7 Å². The highest BCUT2D eigenvalue weighted by molar-refractivity contribution is 7.92. The minimum atomic E-state index is -4.20. The Morgan fingerprint density at radius 2 is 1.46 bits per heavy atom. The average Bonchev–Trinajstić information content (AvgIpc) is 3.59. The number of carbonyl (C=O) groups is 2. The van der Waals surface area contributed by atoms with Crippen LogP contribution < -0.4 is 9.62 Å². The number of carbonyl (C=O) groups excluding carboxylic acids is 2. The van der Waals surface area contributed by atoms with Crippen LogP contribution in [0.1, 0.15) is 67.7 Å². The lowest BCUT2D eigenvalue weighted by molar-refractivity contribution is -0.140. The third-order valence-corrected chi connectivity index (χ3v) is 10.8. The van der Waals surface area contributed by atoms with Crippen molar-refractivity contribution in [3.8, 4) is 0 Å². The van der Waals surface area contributed by atoms with E-state index in [1.165, 1.54) is 29.2 Å². The molecule has 1 N–H and O–H groups in total. The molecule has 0 aromatic heterocycles. The third kappa shape index (κ3) is 8.69. The number of aryl methyl sites for hydroxylation is 1. The highest BCUT2D eigenvalue weighted by Gasteiger charge is 2.35. The molecule has 1 fully saturated rings. The summed E-state index contributed by atoms with van der Waals surface area (Å²) in [6.07, 6.45) is 4.00. The molecule has 0 unspecified atom stereocenters. The molecule has 4 aromatic carbocycles. The van der Waals surface area contributed by atoms with Gasteiger partial charge in [0.1, 0.15) is 18.4 Å². The molecule has 0 heterocycles. The lowest BCUT2D eigenvalue weighted by Crippen LogP contribution is -2.54. The lowest BCUT2D eigenvalue weighted by atomic mass is 10.0. The standard InChI is InChI=1S/C39H44FN3O4S/c1-28(2)32-17-21-35(22-18-32)43(48(46,47)36-23-13-29(3)14-24-36)27-38(44)42(26-31-15-19-33(40)20-16-31)37(25-30-9-5-4-6-10-30)39(45)41-34-11-7-8-12-34/h4-6,9-10,13-24,28,34,37H,7-8,11-12,25-27H2,1-3H3,(H,41,45)/t37-/m0/s1. The Hall–Kier alpha value is -4.50. The fourth-order valence-electron chi connectivity index (χ4n) is 6.10. The van der Waals surface area contributed by atoms with Crippen LogP contribution in [0.25, 0.3) is 0 Å². The topological polar surface area (TPSA) is 86.8 Å². The maximum absolute atomic E-state index is 14.6. The number of hydrogen-bond acceptors (Lipinski definition) is 4. The van der Waals surface area contributed by atoms with Gasteiger partial charge in [0.2, 0.25) is 11.8 Å². The normalized spacial score (nSPS) is 14.1. The SMILES string of the molecule is Cc1ccc(S(=O)(=O)N(CC(=O)N(Cc2ccc(F)cc2)[C@@H](Cc2ccccc2)C(=O)NC2CCCC2)c2ccc(C(C)C)cc2)cc1. The Balaban J connectivity index is 1.57. The average molecular weight is 670 g/mol. The zero-order chi connectivity index (χ0) is 34.3. The van der Waals surface area contributed by atoms with Crippen LogP contribution in [0.4, 0.5) is 10.1 Å². The van der Waals surface area contributed by atoms with Gasteiger partial charge in [0.25, 0.3) is 10.0 Å². The monoisotopic (exact) mass is 669 g/mol. The molecule has 1 aliphatic carbocycles. The van der Waals surface area contributed by atoms with Crippen LogP contribution in [0.15, 0.2) is 108 Å². The molecule has 252 valence electrons. The maximum atomic E-state index is 14.6. The van der Waals surface area contributed by atoms with Crippen molar-refractivity contribution < 1.29 is 22.4 Å². The van der Waals surface area contributed by atoms with Crippen LogP contribution in [0.3, 0.4) is 0 Å². The van der Waals surface area contributed by atoms with Crippen molar-refractivity contribution in [2.45, 2.75) is 82.3 Å². The summed E-state index contributed by atoms with van der Waals surface area (Å²) < 4.78 is 43.6. The number of hydrogen-bond donors (Lipinski definition) is 1. The Kier molecular flexibility index (Phi) is 11.3. The molecule has 1 atom stereocenters. The van der Waals surface area contributed by atoms with E-state index in [2.05, 4.69) is 19.2 Å². The van der Waals surface area contributed by atoms with Gasteiger partial charge in [0.15, 0.2) is 0 Å². The van der Waals surface area contributed by atoms with E-state index in [1.54, 1.807) is 36.4 Å². The molecule has 1 saturated carbocycles. The molecule has 0 radical (unpaired) electrons. The molecule has 5 rings (SSSR count). The second kappa shape index (κ2) is 15.6. The Morgan fingerprint density at radius 1 is 0.833 bits per heavy atom. The quantitative estimate of drug-likeness (QED) is 0.164. The van der Waals surface area contributed by atoms with Crippen molar-refractivity contribution in [2.24, 2.45) is 0 Å². The van der Waals surface area contributed by atoms with Crippen molar-refractivity contribution in [1.82, 2.24) is 10.2 Å². The van der Waals surface area contributed by atoms with Crippen molar-refractivity contribution >= 4 is 27.5 Å². The highest BCUT2D eigenvalue weighted by atomic mass is 32.2. The molecule has 1 aliphatic rings. The number of benzene rings is 4. The first-order chi connectivity index (χ1) is 23.0. The lowest BCUT2D eigenvalue weighted by Gasteiger charge is -2.34. The van der Waals surface area contributed by atoms with Crippen LogP contribution in [0.2, 0.25) is 0 Å². The number of halogens is 1. The van der Waals surface area contributed by atoms with Crippen LogP contribution >= 0.6 is 0 Å². The van der Waals surface area contributed by atoms with Crippen molar-refractivity contribution in [3.05, 3.63) is 131 Å². The number of rotatable bonds is 13. The van der Waals surface area contributed by atoms with Gasteiger partial charge in [-0.1, -0.05) is 99.0 Å². The minimum Gasteiger partial charge on any atom is -0.352 e. The first-order valence-electron chi connectivity index (χ1n) is 16.6. The molecule has 4 aromatic rings. The Labute approximate surface area is 283 Å². The second-order valence-electron chi connectivity index (χ2n) is 12.9. The summed E-state index contributed by atoms with van der Waals surface area (Å²) in [5.74, 6) is -1.04. The van der Waals surface area contributed by atoms with Gasteiger partial charge in [-0.15, -0.1) is 0 Å². The zero-order valence-corrected chi connectivity index (χ0v) is 28.6. The fourth-order valence-corrected chi connectivity index (χ4v) is 7.51.